The van der Waals surface area contributed by atoms with Gasteiger partial charge < -0.3 is 10.2 Å². The highest BCUT2D eigenvalue weighted by Crippen LogP contribution is 2.34. The molecule has 1 saturated heterocycles. The van der Waals surface area contributed by atoms with Gasteiger partial charge in [0.15, 0.2) is 0 Å². The highest BCUT2D eigenvalue weighted by molar-refractivity contribution is 5.99. The van der Waals surface area contributed by atoms with E-state index in [-0.39, 0.29) is 5.91 Å². The lowest BCUT2D eigenvalue weighted by molar-refractivity contribution is 0.0601. The number of rotatable bonds is 3. The number of piperidine rings is 1. The maximum atomic E-state index is 12.6. The van der Waals surface area contributed by atoms with Crippen molar-refractivity contribution in [1.82, 2.24) is 4.90 Å². The molecular formula is C16H24N2O. The molecular weight excluding hydrogens is 236 g/mol. The lowest BCUT2D eigenvalue weighted by Crippen LogP contribution is -2.42. The minimum Gasteiger partial charge on any atom is -0.387 e. The number of hydrogen-bond acceptors (Lipinski definition) is 2. The van der Waals surface area contributed by atoms with Gasteiger partial charge in [0.05, 0.1) is 5.56 Å². The van der Waals surface area contributed by atoms with Crippen molar-refractivity contribution in [3.63, 3.8) is 0 Å². The fourth-order valence-corrected chi connectivity index (χ4v) is 2.66. The van der Waals surface area contributed by atoms with Crippen LogP contribution in [0.15, 0.2) is 24.3 Å². The third-order valence-electron chi connectivity index (χ3n) is 4.54. The minimum atomic E-state index is 0.156. The van der Waals surface area contributed by atoms with Gasteiger partial charge in [-0.05, 0) is 30.4 Å². The molecule has 0 spiro atoms. The first-order valence-electron chi connectivity index (χ1n) is 7.16. The molecule has 1 heterocycles. The molecule has 104 valence electrons. The summed E-state index contributed by atoms with van der Waals surface area (Å²) in [7, 11) is 1.86. The highest BCUT2D eigenvalue weighted by atomic mass is 16.2. The zero-order chi connectivity index (χ0) is 13.9. The van der Waals surface area contributed by atoms with Gasteiger partial charge in [-0.1, -0.05) is 32.4 Å². The number of nitrogens with zero attached hydrogens (tertiary/aromatic N) is 1. The molecule has 0 bridgehead atoms. The predicted octanol–water partition coefficient (Wildman–Crippen LogP) is 3.38. The summed E-state index contributed by atoms with van der Waals surface area (Å²) in [6, 6.07) is 7.73. The summed E-state index contributed by atoms with van der Waals surface area (Å²) in [5.74, 6) is 0.156. The second kappa shape index (κ2) is 5.64. The van der Waals surface area contributed by atoms with Gasteiger partial charge in [0.1, 0.15) is 0 Å². The van der Waals surface area contributed by atoms with E-state index in [2.05, 4.69) is 19.2 Å². The molecule has 1 aliphatic heterocycles. The first kappa shape index (κ1) is 13.9. The maximum Gasteiger partial charge on any atom is 0.255 e. The summed E-state index contributed by atoms with van der Waals surface area (Å²) < 4.78 is 0. The number of hydrogen-bond donors (Lipinski definition) is 1. The average molecular weight is 260 g/mol. The number of carbonyl (C=O) groups excluding carboxylic acids is 1. The molecule has 0 radical (unpaired) electrons. The monoisotopic (exact) mass is 260 g/mol. The molecule has 1 amide bonds. The molecule has 3 nitrogen and oxygen atoms in total. The van der Waals surface area contributed by atoms with Crippen LogP contribution in [0.3, 0.4) is 0 Å². The molecule has 1 aromatic rings. The van der Waals surface area contributed by atoms with E-state index >= 15 is 0 Å². The quantitative estimate of drug-likeness (QED) is 0.903. The second-order valence-corrected chi connectivity index (χ2v) is 5.75. The van der Waals surface area contributed by atoms with Gasteiger partial charge in [0, 0.05) is 25.8 Å². The molecule has 2 rings (SSSR count). The van der Waals surface area contributed by atoms with E-state index in [9.17, 15) is 4.79 Å². The molecule has 1 aliphatic rings. The van der Waals surface area contributed by atoms with Crippen LogP contribution in [0, 0.1) is 5.41 Å². The van der Waals surface area contributed by atoms with Crippen LogP contribution in [-0.4, -0.2) is 30.9 Å². The molecule has 0 aliphatic carbocycles. The lowest BCUT2D eigenvalue weighted by atomic mass is 9.78. The lowest BCUT2D eigenvalue weighted by Gasteiger charge is -2.39. The fraction of sp³-hybridized carbons (Fsp3) is 0.562. The van der Waals surface area contributed by atoms with Crippen LogP contribution in [0.2, 0.25) is 0 Å². The number of likely N-dealkylation sites (tertiary alicyclic amines) is 1. The Hall–Kier alpha value is -1.51. The third-order valence-corrected chi connectivity index (χ3v) is 4.54. The number of nitrogens with one attached hydrogen (secondary N) is 1. The number of anilines is 1. The molecule has 3 heteroatoms. The van der Waals surface area contributed by atoms with Gasteiger partial charge in [-0.25, -0.2) is 0 Å². The van der Waals surface area contributed by atoms with Gasteiger partial charge in [0.25, 0.3) is 5.91 Å². The minimum absolute atomic E-state index is 0.156. The van der Waals surface area contributed by atoms with Crippen molar-refractivity contribution in [2.45, 2.75) is 33.1 Å². The van der Waals surface area contributed by atoms with Crippen LogP contribution in [0.25, 0.3) is 0 Å². The smallest absolute Gasteiger partial charge is 0.255 e. The van der Waals surface area contributed by atoms with E-state index in [1.807, 2.05) is 36.2 Å². The van der Waals surface area contributed by atoms with Gasteiger partial charge in [-0.3, -0.25) is 4.79 Å². The molecule has 19 heavy (non-hydrogen) atoms. The summed E-state index contributed by atoms with van der Waals surface area (Å²) in [6.07, 6.45) is 3.41. The van der Waals surface area contributed by atoms with Crippen molar-refractivity contribution >= 4 is 11.6 Å². The SMILES string of the molecule is CCC1(C)CCN(C(=O)c2ccccc2NC)CC1. The van der Waals surface area contributed by atoms with Gasteiger partial charge >= 0.3 is 0 Å². The van der Waals surface area contributed by atoms with E-state index in [1.54, 1.807) is 0 Å². The first-order chi connectivity index (χ1) is 9.09. The van der Waals surface area contributed by atoms with Crippen molar-refractivity contribution in [1.29, 1.82) is 0 Å². The number of carbonyl (C=O) groups is 1. The van der Waals surface area contributed by atoms with E-state index in [4.69, 9.17) is 0 Å². The Morgan fingerprint density at radius 1 is 1.32 bits per heavy atom. The third kappa shape index (κ3) is 2.91. The maximum absolute atomic E-state index is 12.6. The summed E-state index contributed by atoms with van der Waals surface area (Å²) >= 11 is 0. The summed E-state index contributed by atoms with van der Waals surface area (Å²) in [6.45, 7) is 6.33. The topological polar surface area (TPSA) is 32.3 Å². The highest BCUT2D eigenvalue weighted by Gasteiger charge is 2.31. The Labute approximate surface area is 116 Å². The van der Waals surface area contributed by atoms with Gasteiger partial charge in [-0.2, -0.15) is 0 Å². The molecule has 1 fully saturated rings. The second-order valence-electron chi connectivity index (χ2n) is 5.75. The molecule has 0 saturated carbocycles. The summed E-state index contributed by atoms with van der Waals surface area (Å²) in [5.41, 5.74) is 2.11. The van der Waals surface area contributed by atoms with Crippen molar-refractivity contribution < 1.29 is 4.79 Å². The average Bonchev–Trinajstić information content (AvgIpc) is 2.47. The van der Waals surface area contributed by atoms with Crippen LogP contribution in [0.1, 0.15) is 43.5 Å². The zero-order valence-electron chi connectivity index (χ0n) is 12.2. The van der Waals surface area contributed by atoms with Crippen LogP contribution >= 0.6 is 0 Å². The van der Waals surface area contributed by atoms with Crippen LogP contribution < -0.4 is 5.32 Å². The summed E-state index contributed by atoms with van der Waals surface area (Å²) in [5, 5.41) is 3.10. The van der Waals surface area contributed by atoms with E-state index in [0.29, 0.717) is 5.41 Å². The molecule has 0 atom stereocenters. The Kier molecular flexibility index (Phi) is 4.13. The van der Waals surface area contributed by atoms with Crippen molar-refractivity contribution in [3.8, 4) is 0 Å². The Morgan fingerprint density at radius 3 is 2.53 bits per heavy atom. The number of benzene rings is 1. The summed E-state index contributed by atoms with van der Waals surface area (Å²) in [4.78, 5) is 14.6. The molecule has 1 N–H and O–H groups in total. The van der Waals surface area contributed by atoms with E-state index < -0.39 is 0 Å². The Bertz CT molecular complexity index is 448. The van der Waals surface area contributed by atoms with Gasteiger partial charge in [-0.15, -0.1) is 0 Å². The first-order valence-corrected chi connectivity index (χ1v) is 7.16. The van der Waals surface area contributed by atoms with E-state index in [0.717, 1.165) is 37.2 Å². The molecule has 0 unspecified atom stereocenters. The molecule has 0 aromatic heterocycles. The number of para-hydroxylation sites is 1. The fourth-order valence-electron chi connectivity index (χ4n) is 2.66. The van der Waals surface area contributed by atoms with Crippen LogP contribution in [0.5, 0.6) is 0 Å². The van der Waals surface area contributed by atoms with Crippen molar-refractivity contribution in [3.05, 3.63) is 29.8 Å². The van der Waals surface area contributed by atoms with Crippen LogP contribution in [-0.2, 0) is 0 Å². The largest absolute Gasteiger partial charge is 0.387 e. The van der Waals surface area contributed by atoms with E-state index in [1.165, 1.54) is 6.42 Å². The van der Waals surface area contributed by atoms with Crippen molar-refractivity contribution in [2.24, 2.45) is 5.41 Å². The molecule has 1 aromatic carbocycles. The zero-order valence-corrected chi connectivity index (χ0v) is 12.2. The standard InChI is InChI=1S/C16H24N2O/c1-4-16(2)9-11-18(12-10-16)15(19)13-7-5-6-8-14(13)17-3/h5-8,17H,4,9-12H2,1-3H3. The van der Waals surface area contributed by atoms with Gasteiger partial charge in [0.2, 0.25) is 0 Å². The van der Waals surface area contributed by atoms with Crippen molar-refractivity contribution in [2.75, 3.05) is 25.5 Å². The van der Waals surface area contributed by atoms with Crippen LogP contribution in [0.4, 0.5) is 5.69 Å². The normalized spacial score (nSPS) is 18.2. The predicted molar refractivity (Wildman–Crippen MR) is 79.5 cm³/mol. The number of amides is 1. The Balaban J connectivity index is 2.09. The Morgan fingerprint density at radius 2 is 1.95 bits per heavy atom.